The van der Waals surface area contributed by atoms with Crippen LogP contribution >= 0.6 is 15.9 Å². The van der Waals surface area contributed by atoms with Crippen LogP contribution in [0.3, 0.4) is 0 Å². The number of carbonyl (C=O) groups is 1. The lowest BCUT2D eigenvalue weighted by Gasteiger charge is -2.43. The van der Waals surface area contributed by atoms with Gasteiger partial charge in [-0.3, -0.25) is 0 Å². The minimum Gasteiger partial charge on any atom is -0.461 e. The van der Waals surface area contributed by atoms with Gasteiger partial charge < -0.3 is 9.16 Å². The summed E-state index contributed by atoms with van der Waals surface area (Å²) in [7, 11) is -2.68. The summed E-state index contributed by atoms with van der Waals surface area (Å²) in [5.41, 5.74) is 0.961. The standard InChI is InChI=1S/C25H28BrNO3Si/c1-5-29-24(28)23-17-19(26)16-20(27-23)18-30-31(25(2,3)4,21-12-8-6-9-13-21)22-14-10-7-11-15-22/h6-17H,5,18H2,1-4H3. The topological polar surface area (TPSA) is 48.4 Å². The van der Waals surface area contributed by atoms with Crippen LogP contribution in [0, 0.1) is 0 Å². The second kappa shape index (κ2) is 9.89. The SMILES string of the molecule is CCOC(=O)c1cc(Br)cc(CO[Si](c2ccccc2)(c2ccccc2)C(C)(C)C)n1. The summed E-state index contributed by atoms with van der Waals surface area (Å²) in [6.45, 7) is 9.08. The number of benzene rings is 2. The van der Waals surface area contributed by atoms with E-state index in [2.05, 4.69) is 90.2 Å². The minimum absolute atomic E-state index is 0.133. The Labute approximate surface area is 193 Å². The van der Waals surface area contributed by atoms with Gasteiger partial charge in [-0.1, -0.05) is 97.4 Å². The number of aromatic nitrogens is 1. The molecule has 0 bridgehead atoms. The maximum atomic E-state index is 12.2. The first-order valence-corrected chi connectivity index (χ1v) is 13.1. The highest BCUT2D eigenvalue weighted by Crippen LogP contribution is 2.37. The summed E-state index contributed by atoms with van der Waals surface area (Å²) in [6, 6.07) is 24.5. The fourth-order valence-corrected chi connectivity index (χ4v) is 8.88. The van der Waals surface area contributed by atoms with Gasteiger partial charge in [-0.25, -0.2) is 9.78 Å². The fourth-order valence-electron chi connectivity index (χ4n) is 3.88. The molecule has 0 aliphatic rings. The number of ether oxygens (including phenoxy) is 1. The molecule has 0 N–H and O–H groups in total. The van der Waals surface area contributed by atoms with E-state index in [1.54, 1.807) is 13.0 Å². The van der Waals surface area contributed by atoms with Crippen molar-refractivity contribution in [3.8, 4) is 0 Å². The average molecular weight is 498 g/mol. The van der Waals surface area contributed by atoms with Crippen LogP contribution < -0.4 is 10.4 Å². The molecule has 0 fully saturated rings. The number of nitrogens with zero attached hydrogens (tertiary/aromatic N) is 1. The van der Waals surface area contributed by atoms with E-state index < -0.39 is 14.3 Å². The second-order valence-corrected chi connectivity index (χ2v) is 13.6. The quantitative estimate of drug-likeness (QED) is 0.336. The Hall–Kier alpha value is -2.28. The molecular formula is C25H28BrNO3Si. The van der Waals surface area contributed by atoms with Crippen molar-refractivity contribution in [2.75, 3.05) is 6.61 Å². The zero-order valence-corrected chi connectivity index (χ0v) is 21.0. The van der Waals surface area contributed by atoms with E-state index in [9.17, 15) is 4.79 Å². The lowest BCUT2D eigenvalue weighted by atomic mass is 10.2. The zero-order chi connectivity index (χ0) is 22.5. The van der Waals surface area contributed by atoms with Gasteiger partial charge in [0.05, 0.1) is 18.9 Å². The molecule has 0 spiro atoms. The Morgan fingerprint density at radius 3 is 2.00 bits per heavy atom. The Balaban J connectivity index is 2.06. The predicted octanol–water partition coefficient (Wildman–Crippen LogP) is 5.10. The molecule has 2 aromatic carbocycles. The Bertz CT molecular complexity index is 980. The Kier molecular flexibility index (Phi) is 7.46. The van der Waals surface area contributed by atoms with Crippen LogP contribution in [-0.2, 0) is 15.8 Å². The lowest BCUT2D eigenvalue weighted by molar-refractivity contribution is 0.0518. The van der Waals surface area contributed by atoms with Crippen molar-refractivity contribution in [2.45, 2.75) is 39.3 Å². The third kappa shape index (κ3) is 5.14. The molecule has 0 saturated carbocycles. The predicted molar refractivity (Wildman–Crippen MR) is 130 cm³/mol. The van der Waals surface area contributed by atoms with Gasteiger partial charge in [0.1, 0.15) is 5.69 Å². The van der Waals surface area contributed by atoms with Crippen LogP contribution in [0.1, 0.15) is 43.9 Å². The van der Waals surface area contributed by atoms with E-state index in [-0.39, 0.29) is 10.7 Å². The van der Waals surface area contributed by atoms with Crippen molar-refractivity contribution in [2.24, 2.45) is 0 Å². The Morgan fingerprint density at radius 1 is 0.968 bits per heavy atom. The first kappa shape index (κ1) is 23.4. The number of rotatable bonds is 7. The molecule has 0 saturated heterocycles. The summed E-state index contributed by atoms with van der Waals surface area (Å²) in [5, 5.41) is 2.27. The monoisotopic (exact) mass is 497 g/mol. The lowest BCUT2D eigenvalue weighted by Crippen LogP contribution is -2.66. The number of esters is 1. The first-order chi connectivity index (χ1) is 14.8. The number of halogens is 1. The van der Waals surface area contributed by atoms with Gasteiger partial charge in [0.15, 0.2) is 0 Å². The second-order valence-electron chi connectivity index (χ2n) is 8.33. The van der Waals surface area contributed by atoms with E-state index in [4.69, 9.17) is 9.16 Å². The number of hydrogen-bond acceptors (Lipinski definition) is 4. The van der Waals surface area contributed by atoms with Crippen molar-refractivity contribution >= 4 is 40.6 Å². The molecule has 1 aromatic heterocycles. The highest BCUT2D eigenvalue weighted by Gasteiger charge is 2.50. The van der Waals surface area contributed by atoms with E-state index in [1.807, 2.05) is 18.2 Å². The molecular weight excluding hydrogens is 470 g/mol. The summed E-state index contributed by atoms with van der Waals surface area (Å²) in [4.78, 5) is 16.7. The van der Waals surface area contributed by atoms with E-state index in [0.29, 0.717) is 18.9 Å². The van der Waals surface area contributed by atoms with E-state index in [0.717, 1.165) is 4.47 Å². The van der Waals surface area contributed by atoms with Crippen LogP contribution in [0.15, 0.2) is 77.3 Å². The molecule has 162 valence electrons. The molecule has 0 atom stereocenters. The number of pyridine rings is 1. The third-order valence-electron chi connectivity index (χ3n) is 5.18. The largest absolute Gasteiger partial charge is 0.461 e. The van der Waals surface area contributed by atoms with E-state index >= 15 is 0 Å². The molecule has 0 radical (unpaired) electrons. The summed E-state index contributed by atoms with van der Waals surface area (Å²) in [6.07, 6.45) is 0. The molecule has 6 heteroatoms. The van der Waals surface area contributed by atoms with Crippen molar-refractivity contribution < 1.29 is 14.0 Å². The van der Waals surface area contributed by atoms with Crippen molar-refractivity contribution in [1.82, 2.24) is 4.98 Å². The van der Waals surface area contributed by atoms with Gasteiger partial charge in [0.2, 0.25) is 0 Å². The van der Waals surface area contributed by atoms with Gasteiger partial charge in [-0.05, 0) is 34.5 Å². The van der Waals surface area contributed by atoms with Crippen LogP contribution in [0.25, 0.3) is 0 Å². The minimum atomic E-state index is -2.68. The molecule has 3 rings (SSSR count). The summed E-state index contributed by atoms with van der Waals surface area (Å²) in [5.74, 6) is -0.435. The third-order valence-corrected chi connectivity index (χ3v) is 10.6. The van der Waals surface area contributed by atoms with Crippen LogP contribution in [0.5, 0.6) is 0 Å². The molecule has 0 aliphatic carbocycles. The highest BCUT2D eigenvalue weighted by atomic mass is 79.9. The van der Waals surface area contributed by atoms with Crippen LogP contribution in [0.2, 0.25) is 5.04 Å². The van der Waals surface area contributed by atoms with Crippen LogP contribution in [0.4, 0.5) is 0 Å². The first-order valence-electron chi connectivity index (χ1n) is 10.4. The van der Waals surface area contributed by atoms with Gasteiger partial charge in [0, 0.05) is 4.47 Å². The smallest absolute Gasteiger partial charge is 0.356 e. The molecule has 31 heavy (non-hydrogen) atoms. The zero-order valence-electron chi connectivity index (χ0n) is 18.4. The van der Waals surface area contributed by atoms with Gasteiger partial charge >= 0.3 is 5.97 Å². The average Bonchev–Trinajstić information content (AvgIpc) is 2.74. The summed E-state index contributed by atoms with van der Waals surface area (Å²) >= 11 is 3.49. The Morgan fingerprint density at radius 2 is 1.52 bits per heavy atom. The normalized spacial score (nSPS) is 11.9. The molecule has 4 nitrogen and oxygen atoms in total. The molecule has 0 aliphatic heterocycles. The molecule has 3 aromatic rings. The molecule has 0 unspecified atom stereocenters. The van der Waals surface area contributed by atoms with Crippen molar-refractivity contribution in [3.63, 3.8) is 0 Å². The maximum Gasteiger partial charge on any atom is 0.356 e. The van der Waals surface area contributed by atoms with Crippen LogP contribution in [-0.4, -0.2) is 25.9 Å². The number of carbonyl (C=O) groups excluding carboxylic acids is 1. The molecule has 0 amide bonds. The summed E-state index contributed by atoms with van der Waals surface area (Å²) < 4.78 is 12.8. The van der Waals surface area contributed by atoms with Crippen molar-refractivity contribution in [1.29, 1.82) is 0 Å². The van der Waals surface area contributed by atoms with Gasteiger partial charge in [0.25, 0.3) is 8.32 Å². The number of hydrogen-bond donors (Lipinski definition) is 0. The highest BCUT2D eigenvalue weighted by molar-refractivity contribution is 9.10. The maximum absolute atomic E-state index is 12.2. The van der Waals surface area contributed by atoms with E-state index in [1.165, 1.54) is 10.4 Å². The molecule has 1 heterocycles. The van der Waals surface area contributed by atoms with Gasteiger partial charge in [-0.2, -0.15) is 0 Å². The van der Waals surface area contributed by atoms with Gasteiger partial charge in [-0.15, -0.1) is 0 Å². The van der Waals surface area contributed by atoms with Crippen molar-refractivity contribution in [3.05, 3.63) is 88.7 Å². The fraction of sp³-hybridized carbons (Fsp3) is 0.280.